The summed E-state index contributed by atoms with van der Waals surface area (Å²) in [5, 5.41) is 9.56. The first kappa shape index (κ1) is 15.2. The first-order chi connectivity index (χ1) is 11.0. The number of aromatic nitrogens is 5. The highest BCUT2D eigenvalue weighted by Crippen LogP contribution is 2.16. The van der Waals surface area contributed by atoms with E-state index in [2.05, 4.69) is 15.2 Å². The molecule has 23 heavy (non-hydrogen) atoms. The molecule has 3 aromatic rings. The molecule has 3 heterocycles. The van der Waals surface area contributed by atoms with Gasteiger partial charge in [0.1, 0.15) is 6.61 Å². The van der Waals surface area contributed by atoms with Gasteiger partial charge in [0.05, 0.1) is 17.9 Å². The zero-order chi connectivity index (χ0) is 16.6. The first-order valence-corrected chi connectivity index (χ1v) is 7.44. The molecule has 0 aliphatic heterocycles. The Morgan fingerprint density at radius 2 is 2.00 bits per heavy atom. The summed E-state index contributed by atoms with van der Waals surface area (Å²) in [7, 11) is 1.81. The maximum Gasteiger partial charge on any atom is 0.357 e. The second-order valence-electron chi connectivity index (χ2n) is 5.56. The van der Waals surface area contributed by atoms with Gasteiger partial charge >= 0.3 is 5.97 Å². The molecule has 7 nitrogen and oxygen atoms in total. The van der Waals surface area contributed by atoms with E-state index in [1.165, 1.54) is 0 Å². The number of esters is 1. The molecule has 0 bridgehead atoms. The van der Waals surface area contributed by atoms with Gasteiger partial charge in [-0.3, -0.25) is 9.36 Å². The zero-order valence-electron chi connectivity index (χ0n) is 13.7. The SMILES string of the molecule is Cc1cc(C)n(CCOC(=O)c2ccc3c(C)nn(C)c3n2)n1. The summed E-state index contributed by atoms with van der Waals surface area (Å²) in [5.41, 5.74) is 3.85. The molecule has 0 saturated heterocycles. The normalized spacial score (nSPS) is 11.1. The van der Waals surface area contributed by atoms with Crippen LogP contribution in [0.5, 0.6) is 0 Å². The number of carbonyl (C=O) groups is 1. The lowest BCUT2D eigenvalue weighted by atomic mass is 10.2. The van der Waals surface area contributed by atoms with Crippen LogP contribution in [0.2, 0.25) is 0 Å². The Bertz CT molecular complexity index is 878. The molecule has 120 valence electrons. The molecular weight excluding hydrogens is 294 g/mol. The van der Waals surface area contributed by atoms with Gasteiger partial charge < -0.3 is 4.74 Å². The summed E-state index contributed by atoms with van der Waals surface area (Å²) in [6, 6.07) is 5.51. The van der Waals surface area contributed by atoms with Crippen LogP contribution < -0.4 is 0 Å². The smallest absolute Gasteiger partial charge is 0.357 e. The van der Waals surface area contributed by atoms with Gasteiger partial charge in [-0.1, -0.05) is 0 Å². The largest absolute Gasteiger partial charge is 0.459 e. The number of ether oxygens (including phenoxy) is 1. The number of carbonyl (C=O) groups excluding carboxylic acids is 1. The van der Waals surface area contributed by atoms with Gasteiger partial charge in [-0.2, -0.15) is 10.2 Å². The molecule has 0 radical (unpaired) electrons. The topological polar surface area (TPSA) is 74.8 Å². The van der Waals surface area contributed by atoms with Crippen LogP contribution in [0, 0.1) is 20.8 Å². The minimum Gasteiger partial charge on any atom is -0.459 e. The zero-order valence-corrected chi connectivity index (χ0v) is 13.7. The van der Waals surface area contributed by atoms with Crippen molar-refractivity contribution in [3.63, 3.8) is 0 Å². The van der Waals surface area contributed by atoms with Crippen LogP contribution in [-0.4, -0.2) is 37.1 Å². The standard InChI is InChI=1S/C16H19N5O2/c1-10-9-11(2)21(18-10)7-8-23-16(22)14-6-5-13-12(3)19-20(4)15(13)17-14/h5-6,9H,7-8H2,1-4H3. The molecule has 0 N–H and O–H groups in total. The number of nitrogens with zero attached hydrogens (tertiary/aromatic N) is 5. The van der Waals surface area contributed by atoms with Crippen molar-refractivity contribution in [2.75, 3.05) is 6.61 Å². The van der Waals surface area contributed by atoms with E-state index < -0.39 is 5.97 Å². The fourth-order valence-corrected chi connectivity index (χ4v) is 2.62. The van der Waals surface area contributed by atoms with Crippen molar-refractivity contribution in [3.05, 3.63) is 41.0 Å². The molecule has 3 aromatic heterocycles. The highest BCUT2D eigenvalue weighted by molar-refractivity contribution is 5.90. The van der Waals surface area contributed by atoms with Crippen molar-refractivity contribution in [1.29, 1.82) is 0 Å². The molecule has 0 spiro atoms. The maximum atomic E-state index is 12.1. The molecule has 0 unspecified atom stereocenters. The number of aryl methyl sites for hydroxylation is 4. The fraction of sp³-hybridized carbons (Fsp3) is 0.375. The number of hydrogen-bond acceptors (Lipinski definition) is 5. The summed E-state index contributed by atoms with van der Waals surface area (Å²) in [5.74, 6) is -0.438. The van der Waals surface area contributed by atoms with E-state index in [1.54, 1.807) is 17.8 Å². The molecule has 0 amide bonds. The average molecular weight is 313 g/mol. The predicted octanol–water partition coefficient (Wildman–Crippen LogP) is 1.95. The lowest BCUT2D eigenvalue weighted by Crippen LogP contribution is -2.14. The van der Waals surface area contributed by atoms with Crippen molar-refractivity contribution >= 4 is 17.0 Å². The van der Waals surface area contributed by atoms with E-state index in [9.17, 15) is 4.79 Å². The summed E-state index contributed by atoms with van der Waals surface area (Å²) in [6.45, 7) is 6.60. The molecule has 0 saturated carbocycles. The monoisotopic (exact) mass is 313 g/mol. The lowest BCUT2D eigenvalue weighted by Gasteiger charge is -2.06. The van der Waals surface area contributed by atoms with E-state index in [0.717, 1.165) is 22.5 Å². The molecule has 0 atom stereocenters. The predicted molar refractivity (Wildman–Crippen MR) is 85.2 cm³/mol. The maximum absolute atomic E-state index is 12.1. The van der Waals surface area contributed by atoms with Gasteiger partial charge in [-0.15, -0.1) is 0 Å². The molecular formula is C16H19N5O2. The molecule has 7 heteroatoms. The minimum atomic E-state index is -0.438. The number of pyridine rings is 1. The molecule has 3 rings (SSSR count). The van der Waals surface area contributed by atoms with E-state index in [0.29, 0.717) is 12.2 Å². The first-order valence-electron chi connectivity index (χ1n) is 7.44. The third-order valence-corrected chi connectivity index (χ3v) is 3.72. The summed E-state index contributed by atoms with van der Waals surface area (Å²) < 4.78 is 8.79. The average Bonchev–Trinajstić information content (AvgIpc) is 2.98. The number of rotatable bonds is 4. The molecule has 0 aromatic carbocycles. The molecule has 0 aliphatic rings. The van der Waals surface area contributed by atoms with Crippen LogP contribution in [0.25, 0.3) is 11.0 Å². The Balaban J connectivity index is 1.68. The Labute approximate surface area is 133 Å². The quantitative estimate of drug-likeness (QED) is 0.688. The Morgan fingerprint density at radius 3 is 2.70 bits per heavy atom. The number of fused-ring (bicyclic) bond motifs is 1. The van der Waals surface area contributed by atoms with Crippen LogP contribution in [0.15, 0.2) is 18.2 Å². The summed E-state index contributed by atoms with van der Waals surface area (Å²) in [4.78, 5) is 16.5. The van der Waals surface area contributed by atoms with Crippen molar-refractivity contribution in [2.24, 2.45) is 7.05 Å². The summed E-state index contributed by atoms with van der Waals surface area (Å²) >= 11 is 0. The van der Waals surface area contributed by atoms with E-state index in [-0.39, 0.29) is 12.3 Å². The summed E-state index contributed by atoms with van der Waals surface area (Å²) in [6.07, 6.45) is 0. The van der Waals surface area contributed by atoms with Crippen molar-refractivity contribution in [2.45, 2.75) is 27.3 Å². The third-order valence-electron chi connectivity index (χ3n) is 3.72. The van der Waals surface area contributed by atoms with Gasteiger partial charge in [0.15, 0.2) is 11.3 Å². The van der Waals surface area contributed by atoms with Crippen LogP contribution in [0.3, 0.4) is 0 Å². The van der Waals surface area contributed by atoms with Crippen LogP contribution >= 0.6 is 0 Å². The lowest BCUT2D eigenvalue weighted by molar-refractivity contribution is 0.0480. The van der Waals surface area contributed by atoms with Crippen LogP contribution in [0.1, 0.15) is 27.6 Å². The molecule has 0 aliphatic carbocycles. The van der Waals surface area contributed by atoms with Gasteiger partial charge in [0, 0.05) is 18.1 Å². The van der Waals surface area contributed by atoms with E-state index in [4.69, 9.17) is 4.74 Å². The van der Waals surface area contributed by atoms with Gasteiger partial charge in [-0.05, 0) is 39.0 Å². The minimum absolute atomic E-state index is 0.255. The second kappa shape index (κ2) is 5.83. The van der Waals surface area contributed by atoms with Crippen LogP contribution in [0.4, 0.5) is 0 Å². The second-order valence-corrected chi connectivity index (χ2v) is 5.56. The Kier molecular flexibility index (Phi) is 3.85. The van der Waals surface area contributed by atoms with Crippen molar-refractivity contribution in [3.8, 4) is 0 Å². The van der Waals surface area contributed by atoms with Gasteiger partial charge in [0.2, 0.25) is 0 Å². The van der Waals surface area contributed by atoms with Crippen molar-refractivity contribution < 1.29 is 9.53 Å². The number of hydrogen-bond donors (Lipinski definition) is 0. The van der Waals surface area contributed by atoms with Crippen LogP contribution in [-0.2, 0) is 18.3 Å². The Hall–Kier alpha value is -2.70. The van der Waals surface area contributed by atoms with E-state index in [1.807, 2.05) is 37.6 Å². The fourth-order valence-electron chi connectivity index (χ4n) is 2.62. The highest BCUT2D eigenvalue weighted by Gasteiger charge is 2.13. The highest BCUT2D eigenvalue weighted by atomic mass is 16.5. The van der Waals surface area contributed by atoms with Crippen molar-refractivity contribution in [1.82, 2.24) is 24.5 Å². The van der Waals surface area contributed by atoms with E-state index >= 15 is 0 Å². The third kappa shape index (κ3) is 2.94. The Morgan fingerprint density at radius 1 is 1.22 bits per heavy atom. The molecule has 0 fully saturated rings. The van der Waals surface area contributed by atoms with Gasteiger partial charge in [-0.25, -0.2) is 9.78 Å². The van der Waals surface area contributed by atoms with Gasteiger partial charge in [0.25, 0.3) is 0 Å².